The Morgan fingerprint density at radius 3 is 2.86 bits per heavy atom. The maximum Gasteiger partial charge on any atom is 0.274 e. The Kier molecular flexibility index (Phi) is 5.20. The number of pyridine rings is 1. The van der Waals surface area contributed by atoms with Crippen molar-refractivity contribution >= 4 is 34.7 Å². The van der Waals surface area contributed by atoms with Crippen LogP contribution in [0.2, 0.25) is 5.02 Å². The van der Waals surface area contributed by atoms with E-state index in [1.54, 1.807) is 35.4 Å². The zero-order valence-corrected chi connectivity index (χ0v) is 13.8. The molecular formula is C15H18ClN3OS. The number of amides is 1. The Balaban J connectivity index is 2.24. The van der Waals surface area contributed by atoms with Gasteiger partial charge in [-0.15, -0.1) is 11.3 Å². The lowest BCUT2D eigenvalue weighted by atomic mass is 10.2. The van der Waals surface area contributed by atoms with Gasteiger partial charge < -0.3 is 10.2 Å². The van der Waals surface area contributed by atoms with Gasteiger partial charge in [0.05, 0.1) is 11.1 Å². The van der Waals surface area contributed by atoms with E-state index in [2.05, 4.69) is 10.3 Å². The minimum Gasteiger partial charge on any atom is -0.370 e. The molecule has 0 bridgehead atoms. The molecule has 0 aromatic carbocycles. The van der Waals surface area contributed by atoms with Crippen LogP contribution in [0, 0.1) is 0 Å². The Morgan fingerprint density at radius 1 is 1.48 bits per heavy atom. The van der Waals surface area contributed by atoms with Crippen molar-refractivity contribution in [3.8, 4) is 0 Å². The summed E-state index contributed by atoms with van der Waals surface area (Å²) in [6.07, 6.45) is 0. The fourth-order valence-electron chi connectivity index (χ4n) is 1.93. The van der Waals surface area contributed by atoms with Gasteiger partial charge in [-0.05, 0) is 37.4 Å². The Hall–Kier alpha value is -1.59. The predicted molar refractivity (Wildman–Crippen MR) is 88.2 cm³/mol. The Bertz CT molecular complexity index is 615. The number of nitrogens with one attached hydrogen (secondary N) is 1. The van der Waals surface area contributed by atoms with E-state index in [-0.39, 0.29) is 17.6 Å². The smallest absolute Gasteiger partial charge is 0.274 e. The molecule has 1 unspecified atom stereocenters. The molecule has 112 valence electrons. The van der Waals surface area contributed by atoms with Crippen LogP contribution in [-0.4, -0.2) is 29.4 Å². The lowest BCUT2D eigenvalue weighted by Gasteiger charge is -2.24. The minimum atomic E-state index is -0.180. The lowest BCUT2D eigenvalue weighted by Crippen LogP contribution is -2.30. The van der Waals surface area contributed by atoms with Crippen molar-refractivity contribution in [1.82, 2.24) is 9.88 Å². The first-order chi connectivity index (χ1) is 10.0. The number of carbonyl (C=O) groups is 1. The molecule has 0 aliphatic heterocycles. The molecule has 21 heavy (non-hydrogen) atoms. The summed E-state index contributed by atoms with van der Waals surface area (Å²) in [5.74, 6) is 0.475. The topological polar surface area (TPSA) is 45.2 Å². The van der Waals surface area contributed by atoms with Gasteiger partial charge in [0.2, 0.25) is 0 Å². The Morgan fingerprint density at radius 2 is 2.24 bits per heavy atom. The van der Waals surface area contributed by atoms with Gasteiger partial charge in [0, 0.05) is 18.5 Å². The maximum atomic E-state index is 12.6. The third-order valence-electron chi connectivity index (χ3n) is 3.26. The van der Waals surface area contributed by atoms with Crippen LogP contribution in [0.25, 0.3) is 0 Å². The van der Waals surface area contributed by atoms with Crippen LogP contribution < -0.4 is 5.32 Å². The van der Waals surface area contributed by atoms with Gasteiger partial charge in [0.15, 0.2) is 0 Å². The highest BCUT2D eigenvalue weighted by Crippen LogP contribution is 2.26. The molecule has 2 aromatic heterocycles. The highest BCUT2D eigenvalue weighted by molar-refractivity contribution is 7.10. The van der Waals surface area contributed by atoms with Crippen molar-refractivity contribution in [3.05, 3.63) is 45.2 Å². The summed E-state index contributed by atoms with van der Waals surface area (Å²) in [7, 11) is 1.77. The van der Waals surface area contributed by atoms with E-state index >= 15 is 0 Å². The number of hydrogen-bond acceptors (Lipinski definition) is 4. The molecule has 1 atom stereocenters. The number of halogens is 1. The molecule has 1 amide bonds. The summed E-state index contributed by atoms with van der Waals surface area (Å²) < 4.78 is 0. The number of rotatable bonds is 5. The summed E-state index contributed by atoms with van der Waals surface area (Å²) in [6, 6.07) is 7.45. The van der Waals surface area contributed by atoms with Crippen LogP contribution in [0.5, 0.6) is 0 Å². The number of aromatic nitrogens is 1. The van der Waals surface area contributed by atoms with Crippen molar-refractivity contribution in [1.29, 1.82) is 0 Å². The highest BCUT2D eigenvalue weighted by Gasteiger charge is 2.23. The third kappa shape index (κ3) is 3.54. The second-order valence-corrected chi connectivity index (χ2v) is 6.05. The van der Waals surface area contributed by atoms with Crippen LogP contribution in [0.3, 0.4) is 0 Å². The molecule has 0 fully saturated rings. The fourth-order valence-corrected chi connectivity index (χ4v) is 2.95. The molecule has 0 spiro atoms. The summed E-state index contributed by atoms with van der Waals surface area (Å²) in [5, 5.41) is 5.46. The first kappa shape index (κ1) is 15.8. The second-order valence-electron chi connectivity index (χ2n) is 4.66. The van der Waals surface area contributed by atoms with E-state index < -0.39 is 0 Å². The summed E-state index contributed by atoms with van der Waals surface area (Å²) in [4.78, 5) is 19.7. The summed E-state index contributed by atoms with van der Waals surface area (Å²) >= 11 is 7.76. The zero-order chi connectivity index (χ0) is 15.4. The molecule has 2 rings (SSSR count). The average Bonchev–Trinajstić information content (AvgIpc) is 3.01. The minimum absolute atomic E-state index is 0.0156. The van der Waals surface area contributed by atoms with Crippen LogP contribution in [0.1, 0.15) is 35.3 Å². The number of anilines is 1. The number of nitrogens with zero attached hydrogens (tertiary/aromatic N) is 2. The molecular weight excluding hydrogens is 306 g/mol. The number of carbonyl (C=O) groups excluding carboxylic acids is 1. The van der Waals surface area contributed by atoms with E-state index in [9.17, 15) is 4.79 Å². The zero-order valence-electron chi connectivity index (χ0n) is 12.3. The molecule has 6 heteroatoms. The van der Waals surface area contributed by atoms with E-state index in [0.717, 1.165) is 11.4 Å². The van der Waals surface area contributed by atoms with Crippen molar-refractivity contribution in [2.75, 3.05) is 18.9 Å². The van der Waals surface area contributed by atoms with Gasteiger partial charge in [-0.1, -0.05) is 17.7 Å². The maximum absolute atomic E-state index is 12.6. The van der Waals surface area contributed by atoms with Crippen molar-refractivity contribution < 1.29 is 4.79 Å². The van der Waals surface area contributed by atoms with E-state index in [1.165, 1.54) is 0 Å². The van der Waals surface area contributed by atoms with E-state index in [1.807, 2.05) is 31.4 Å². The van der Waals surface area contributed by atoms with Gasteiger partial charge in [-0.3, -0.25) is 4.79 Å². The number of hydrogen-bond donors (Lipinski definition) is 1. The SMILES string of the molecule is CCNc1ccc(Cl)c(C(=O)N(C)C(C)c2cccs2)n1. The predicted octanol–water partition coefficient (Wildman–Crippen LogP) is 4.06. The monoisotopic (exact) mass is 323 g/mol. The molecule has 0 saturated carbocycles. The van der Waals surface area contributed by atoms with Gasteiger partial charge in [-0.2, -0.15) is 0 Å². The highest BCUT2D eigenvalue weighted by atomic mass is 35.5. The second kappa shape index (κ2) is 6.91. The van der Waals surface area contributed by atoms with E-state index in [0.29, 0.717) is 10.8 Å². The van der Waals surface area contributed by atoms with Crippen LogP contribution in [0.4, 0.5) is 5.82 Å². The van der Waals surface area contributed by atoms with Gasteiger partial charge >= 0.3 is 0 Å². The molecule has 0 aliphatic rings. The van der Waals surface area contributed by atoms with Crippen LogP contribution >= 0.6 is 22.9 Å². The fraction of sp³-hybridized carbons (Fsp3) is 0.333. The molecule has 1 N–H and O–H groups in total. The largest absolute Gasteiger partial charge is 0.370 e. The van der Waals surface area contributed by atoms with Crippen molar-refractivity contribution in [2.24, 2.45) is 0 Å². The quantitative estimate of drug-likeness (QED) is 0.902. The summed E-state index contributed by atoms with van der Waals surface area (Å²) in [5.41, 5.74) is 0.279. The normalized spacial score (nSPS) is 12.0. The molecule has 4 nitrogen and oxygen atoms in total. The molecule has 2 heterocycles. The van der Waals surface area contributed by atoms with E-state index in [4.69, 9.17) is 11.6 Å². The third-order valence-corrected chi connectivity index (χ3v) is 4.61. The molecule has 0 saturated heterocycles. The molecule has 2 aromatic rings. The van der Waals surface area contributed by atoms with Crippen LogP contribution in [-0.2, 0) is 0 Å². The van der Waals surface area contributed by atoms with Crippen molar-refractivity contribution in [2.45, 2.75) is 19.9 Å². The van der Waals surface area contributed by atoms with Gasteiger partial charge in [0.1, 0.15) is 11.5 Å². The first-order valence-corrected chi connectivity index (χ1v) is 8.01. The van der Waals surface area contributed by atoms with Crippen LogP contribution in [0.15, 0.2) is 29.6 Å². The first-order valence-electron chi connectivity index (χ1n) is 6.75. The average molecular weight is 324 g/mol. The molecule has 0 radical (unpaired) electrons. The standard InChI is InChI=1S/C15H18ClN3OS/c1-4-17-13-8-7-11(16)14(18-13)15(20)19(3)10(2)12-6-5-9-21-12/h5-10H,4H2,1-3H3,(H,17,18). The summed E-state index contributed by atoms with van der Waals surface area (Å²) in [6.45, 7) is 4.71. The Labute approximate surface area is 133 Å². The molecule has 0 aliphatic carbocycles. The van der Waals surface area contributed by atoms with Gasteiger partial charge in [0.25, 0.3) is 5.91 Å². The lowest BCUT2D eigenvalue weighted by molar-refractivity contribution is 0.0739. The number of thiophene rings is 1. The van der Waals surface area contributed by atoms with Crippen molar-refractivity contribution in [3.63, 3.8) is 0 Å². The van der Waals surface area contributed by atoms with Gasteiger partial charge in [-0.25, -0.2) is 4.98 Å².